The molecule has 0 radical (unpaired) electrons. The molecule has 0 bridgehead atoms. The Hall–Kier alpha value is -3.23. The van der Waals surface area contributed by atoms with Gasteiger partial charge in [0, 0.05) is 13.1 Å². The van der Waals surface area contributed by atoms with Gasteiger partial charge < -0.3 is 9.47 Å². The van der Waals surface area contributed by atoms with E-state index in [1.807, 2.05) is 42.5 Å². The molecule has 0 aliphatic carbocycles. The molecule has 1 aliphatic heterocycles. The Kier molecular flexibility index (Phi) is 7.29. The topological polar surface area (TPSA) is 90.0 Å². The highest BCUT2D eigenvalue weighted by atomic mass is 32.2. The van der Waals surface area contributed by atoms with Gasteiger partial charge in [-0.25, -0.2) is 13.2 Å². The van der Waals surface area contributed by atoms with E-state index in [2.05, 4.69) is 0 Å². The molecule has 1 aliphatic rings. The van der Waals surface area contributed by atoms with Gasteiger partial charge in [0.05, 0.1) is 23.0 Å². The van der Waals surface area contributed by atoms with Crippen LogP contribution < -0.4 is 0 Å². The average molecular weight is 482 g/mol. The second-order valence-electron chi connectivity index (χ2n) is 8.17. The summed E-state index contributed by atoms with van der Waals surface area (Å²) < 4.78 is 37.9. The van der Waals surface area contributed by atoms with E-state index in [9.17, 15) is 18.0 Å². The van der Waals surface area contributed by atoms with Crippen molar-refractivity contribution in [3.05, 3.63) is 77.9 Å². The summed E-state index contributed by atoms with van der Waals surface area (Å²) in [6.07, 6.45) is 0.795. The fourth-order valence-electron chi connectivity index (χ4n) is 4.14. The Bertz CT molecular complexity index is 1270. The molecule has 0 amide bonds. The molecular formula is C26H27NO6S. The number of esters is 2. The van der Waals surface area contributed by atoms with Crippen molar-refractivity contribution in [1.29, 1.82) is 0 Å². The molecule has 0 spiro atoms. The van der Waals surface area contributed by atoms with Crippen molar-refractivity contribution in [3.63, 3.8) is 0 Å². The smallest absolute Gasteiger partial charge is 0.338 e. The summed E-state index contributed by atoms with van der Waals surface area (Å²) in [6.45, 7) is 2.61. The number of rotatable bonds is 7. The van der Waals surface area contributed by atoms with Gasteiger partial charge >= 0.3 is 11.9 Å². The number of fused-ring (bicyclic) bond motifs is 1. The first kappa shape index (κ1) is 23.9. The zero-order valence-electron chi connectivity index (χ0n) is 19.0. The number of benzene rings is 3. The van der Waals surface area contributed by atoms with Crippen molar-refractivity contribution in [3.8, 4) is 0 Å². The van der Waals surface area contributed by atoms with Crippen LogP contribution in [0, 0.1) is 5.92 Å². The van der Waals surface area contributed by atoms with Gasteiger partial charge in [-0.15, -0.1) is 0 Å². The summed E-state index contributed by atoms with van der Waals surface area (Å²) in [5.74, 6) is -1.13. The van der Waals surface area contributed by atoms with E-state index in [0.29, 0.717) is 18.4 Å². The number of hydrogen-bond donors (Lipinski definition) is 0. The minimum Gasteiger partial charge on any atom is -0.462 e. The summed E-state index contributed by atoms with van der Waals surface area (Å²) >= 11 is 0. The van der Waals surface area contributed by atoms with Gasteiger partial charge in [0.15, 0.2) is 0 Å². The number of hydrogen-bond acceptors (Lipinski definition) is 6. The van der Waals surface area contributed by atoms with E-state index in [0.717, 1.165) is 16.3 Å². The maximum atomic E-state index is 13.0. The highest BCUT2D eigenvalue weighted by Crippen LogP contribution is 2.26. The van der Waals surface area contributed by atoms with Gasteiger partial charge in [0.25, 0.3) is 0 Å². The molecule has 34 heavy (non-hydrogen) atoms. The van der Waals surface area contributed by atoms with Gasteiger partial charge in [0.2, 0.25) is 10.0 Å². The van der Waals surface area contributed by atoms with E-state index in [1.54, 1.807) is 6.92 Å². The van der Waals surface area contributed by atoms with Crippen LogP contribution in [0.15, 0.2) is 71.6 Å². The molecule has 178 valence electrons. The van der Waals surface area contributed by atoms with Gasteiger partial charge in [-0.2, -0.15) is 4.31 Å². The average Bonchev–Trinajstić information content (AvgIpc) is 2.87. The van der Waals surface area contributed by atoms with Crippen molar-refractivity contribution in [2.24, 2.45) is 5.92 Å². The fraction of sp³-hybridized carbons (Fsp3) is 0.308. The SMILES string of the molecule is CCOC(=O)c1ccc(S(=O)(=O)N2CCC(C(=O)OCc3cccc4ccccc34)CC2)cc1. The molecule has 8 heteroatoms. The van der Waals surface area contributed by atoms with Gasteiger partial charge in [-0.05, 0) is 60.4 Å². The standard InChI is InChI=1S/C26H27NO6S/c1-2-32-25(28)20-10-12-23(13-11-20)34(30,31)27-16-14-21(15-17-27)26(29)33-18-22-8-5-7-19-6-3-4-9-24(19)22/h3-13,21H,2,14-18H2,1H3. The van der Waals surface area contributed by atoms with E-state index in [1.165, 1.54) is 28.6 Å². The molecule has 3 aromatic carbocycles. The first-order chi connectivity index (χ1) is 16.4. The van der Waals surface area contributed by atoms with E-state index in [4.69, 9.17) is 9.47 Å². The van der Waals surface area contributed by atoms with Crippen molar-refractivity contribution in [2.45, 2.75) is 31.3 Å². The Morgan fingerprint density at radius 3 is 2.29 bits per heavy atom. The van der Waals surface area contributed by atoms with Crippen LogP contribution in [0.1, 0.15) is 35.7 Å². The molecule has 1 saturated heterocycles. The Morgan fingerprint density at radius 1 is 0.912 bits per heavy atom. The number of ether oxygens (including phenoxy) is 2. The Labute approximate surface area is 199 Å². The summed E-state index contributed by atoms with van der Waals surface area (Å²) in [6, 6.07) is 19.5. The predicted molar refractivity (Wildman–Crippen MR) is 128 cm³/mol. The van der Waals surface area contributed by atoms with E-state index < -0.39 is 16.0 Å². The van der Waals surface area contributed by atoms with Crippen LogP contribution in [-0.2, 0) is 30.9 Å². The number of piperidine rings is 1. The maximum Gasteiger partial charge on any atom is 0.338 e. The minimum absolute atomic E-state index is 0.109. The van der Waals surface area contributed by atoms with Crippen molar-refractivity contribution in [1.82, 2.24) is 4.31 Å². The third kappa shape index (κ3) is 5.13. The Morgan fingerprint density at radius 2 is 1.59 bits per heavy atom. The highest BCUT2D eigenvalue weighted by molar-refractivity contribution is 7.89. The zero-order chi connectivity index (χ0) is 24.1. The number of carbonyl (C=O) groups excluding carboxylic acids is 2. The van der Waals surface area contributed by atoms with Crippen LogP contribution >= 0.6 is 0 Å². The highest BCUT2D eigenvalue weighted by Gasteiger charge is 2.33. The monoisotopic (exact) mass is 481 g/mol. The lowest BCUT2D eigenvalue weighted by molar-refractivity contribution is -0.151. The molecule has 0 atom stereocenters. The lowest BCUT2D eigenvalue weighted by Crippen LogP contribution is -2.40. The van der Waals surface area contributed by atoms with Crippen molar-refractivity contribution < 1.29 is 27.5 Å². The third-order valence-electron chi connectivity index (χ3n) is 6.04. The minimum atomic E-state index is -3.72. The maximum absolute atomic E-state index is 13.0. The number of nitrogens with zero attached hydrogens (tertiary/aromatic N) is 1. The summed E-state index contributed by atoms with van der Waals surface area (Å²) in [4.78, 5) is 24.6. The lowest BCUT2D eigenvalue weighted by Gasteiger charge is -2.30. The number of carbonyl (C=O) groups is 2. The molecule has 0 unspecified atom stereocenters. The summed E-state index contributed by atoms with van der Waals surface area (Å²) in [5, 5.41) is 2.14. The van der Waals surface area contributed by atoms with E-state index in [-0.39, 0.29) is 43.1 Å². The number of sulfonamides is 1. The normalized spacial score (nSPS) is 15.2. The first-order valence-electron chi connectivity index (χ1n) is 11.3. The Balaban J connectivity index is 1.34. The molecule has 3 aromatic rings. The zero-order valence-corrected chi connectivity index (χ0v) is 19.8. The lowest BCUT2D eigenvalue weighted by atomic mass is 9.98. The van der Waals surface area contributed by atoms with Crippen LogP contribution in [0.5, 0.6) is 0 Å². The van der Waals surface area contributed by atoms with Crippen LogP contribution in [0.2, 0.25) is 0 Å². The second kappa shape index (κ2) is 10.4. The molecule has 0 N–H and O–H groups in total. The first-order valence-corrected chi connectivity index (χ1v) is 12.7. The van der Waals surface area contributed by atoms with Crippen molar-refractivity contribution in [2.75, 3.05) is 19.7 Å². The van der Waals surface area contributed by atoms with Gasteiger partial charge in [-0.1, -0.05) is 42.5 Å². The molecule has 0 aromatic heterocycles. The molecule has 1 heterocycles. The molecule has 1 fully saturated rings. The largest absolute Gasteiger partial charge is 0.462 e. The van der Waals surface area contributed by atoms with Crippen LogP contribution in [-0.4, -0.2) is 44.4 Å². The quantitative estimate of drug-likeness (QED) is 0.471. The molecule has 4 rings (SSSR count). The second-order valence-corrected chi connectivity index (χ2v) is 10.1. The molecule has 7 nitrogen and oxygen atoms in total. The third-order valence-corrected chi connectivity index (χ3v) is 7.95. The van der Waals surface area contributed by atoms with Crippen LogP contribution in [0.4, 0.5) is 0 Å². The molecule has 0 saturated carbocycles. The molecular weight excluding hydrogens is 454 g/mol. The van der Waals surface area contributed by atoms with Gasteiger partial charge in [-0.3, -0.25) is 4.79 Å². The van der Waals surface area contributed by atoms with Crippen LogP contribution in [0.3, 0.4) is 0 Å². The summed E-state index contributed by atoms with van der Waals surface area (Å²) in [5.41, 5.74) is 1.24. The van der Waals surface area contributed by atoms with Gasteiger partial charge in [0.1, 0.15) is 6.61 Å². The van der Waals surface area contributed by atoms with E-state index >= 15 is 0 Å². The van der Waals surface area contributed by atoms with Crippen LogP contribution in [0.25, 0.3) is 10.8 Å². The fourth-order valence-corrected chi connectivity index (χ4v) is 5.61. The summed E-state index contributed by atoms with van der Waals surface area (Å²) in [7, 11) is -3.72. The van der Waals surface area contributed by atoms with Crippen molar-refractivity contribution >= 4 is 32.7 Å². The predicted octanol–water partition coefficient (Wildman–Crippen LogP) is 4.16.